The molecule has 0 spiro atoms. The lowest BCUT2D eigenvalue weighted by Gasteiger charge is -2.28. The van der Waals surface area contributed by atoms with Gasteiger partial charge in [-0.15, -0.1) is 0 Å². The molecule has 0 N–H and O–H groups in total. The van der Waals surface area contributed by atoms with Crippen molar-refractivity contribution in [2.75, 3.05) is 0 Å². The van der Waals surface area contributed by atoms with Crippen LogP contribution in [-0.2, 0) is 26.2 Å². The highest BCUT2D eigenvalue weighted by atomic mass is 32.2. The predicted molar refractivity (Wildman–Crippen MR) is 123 cm³/mol. The molecule has 2 heterocycles. The van der Waals surface area contributed by atoms with Gasteiger partial charge in [-0.2, -0.15) is 4.31 Å². The molecule has 3 unspecified atom stereocenters. The lowest BCUT2D eigenvalue weighted by atomic mass is 9.99. The van der Waals surface area contributed by atoms with Crippen molar-refractivity contribution in [3.63, 3.8) is 0 Å². The normalized spacial score (nSPS) is 21.8. The molecule has 33 heavy (non-hydrogen) atoms. The quantitative estimate of drug-likeness (QED) is 0.507. The third kappa shape index (κ3) is 4.14. The molecule has 3 atom stereocenters. The van der Waals surface area contributed by atoms with Crippen LogP contribution >= 0.6 is 0 Å². The first-order chi connectivity index (χ1) is 15.9. The maximum atomic E-state index is 13.8. The van der Waals surface area contributed by atoms with Crippen molar-refractivity contribution >= 4 is 16.0 Å². The zero-order valence-corrected chi connectivity index (χ0v) is 19.1. The van der Waals surface area contributed by atoms with Crippen LogP contribution in [0.4, 0.5) is 0 Å². The fraction of sp³-hybridized carbons (Fsp3) is 0.269. The smallest absolute Gasteiger partial charge is 0.307 e. The third-order valence-corrected chi connectivity index (χ3v) is 8.24. The highest BCUT2D eigenvalue weighted by Crippen LogP contribution is 2.49. The molecule has 2 aliphatic rings. The number of aryl methyl sites for hydroxylation is 1. The van der Waals surface area contributed by atoms with E-state index in [1.165, 1.54) is 4.31 Å². The molecule has 3 aromatic carbocycles. The molecule has 3 aromatic rings. The Kier molecular flexibility index (Phi) is 5.68. The average Bonchev–Trinajstić information content (AvgIpc) is 3.11. The summed E-state index contributed by atoms with van der Waals surface area (Å²) in [5, 5.41) is 0. The first-order valence-corrected chi connectivity index (χ1v) is 12.4. The number of rotatable bonds is 6. The largest absolute Gasteiger partial charge is 0.488 e. The number of carbonyl (C=O) groups is 1. The molecule has 0 radical (unpaired) electrons. The first-order valence-electron chi connectivity index (χ1n) is 11.0. The summed E-state index contributed by atoms with van der Waals surface area (Å²) < 4.78 is 40.7. The molecule has 2 bridgehead atoms. The minimum absolute atomic E-state index is 0.0763. The third-order valence-electron chi connectivity index (χ3n) is 6.29. The molecule has 1 fully saturated rings. The molecule has 2 aliphatic heterocycles. The van der Waals surface area contributed by atoms with Gasteiger partial charge in [0.15, 0.2) is 0 Å². The SMILES string of the molecule is Cc1ccc(S(=O)(=O)N2C3CC(Oc4ccccc43)C2CC(=O)OCc2ccccc2)cc1. The number of fused-ring (bicyclic) bond motifs is 4. The molecule has 0 saturated carbocycles. The van der Waals surface area contributed by atoms with Crippen molar-refractivity contribution < 1.29 is 22.7 Å². The highest BCUT2D eigenvalue weighted by molar-refractivity contribution is 7.89. The van der Waals surface area contributed by atoms with Crippen LogP contribution in [0.5, 0.6) is 5.75 Å². The van der Waals surface area contributed by atoms with Gasteiger partial charge in [-0.25, -0.2) is 8.42 Å². The number of para-hydroxylation sites is 1. The van der Waals surface area contributed by atoms with Crippen LogP contribution in [-0.4, -0.2) is 30.8 Å². The van der Waals surface area contributed by atoms with Gasteiger partial charge in [0.2, 0.25) is 10.0 Å². The second-order valence-corrected chi connectivity index (χ2v) is 10.4. The van der Waals surface area contributed by atoms with E-state index < -0.39 is 34.2 Å². The Hall–Kier alpha value is -3.16. The van der Waals surface area contributed by atoms with Crippen LogP contribution in [0.25, 0.3) is 0 Å². The van der Waals surface area contributed by atoms with Gasteiger partial charge in [0.1, 0.15) is 18.5 Å². The summed E-state index contributed by atoms with van der Waals surface area (Å²) in [5.41, 5.74) is 2.68. The number of hydrogen-bond donors (Lipinski definition) is 0. The van der Waals surface area contributed by atoms with Crippen molar-refractivity contribution in [2.24, 2.45) is 0 Å². The Bertz CT molecular complexity index is 1260. The Morgan fingerprint density at radius 1 is 1.00 bits per heavy atom. The van der Waals surface area contributed by atoms with Gasteiger partial charge in [0.25, 0.3) is 0 Å². The fourth-order valence-electron chi connectivity index (χ4n) is 4.66. The highest BCUT2D eigenvalue weighted by Gasteiger charge is 2.53. The van der Waals surface area contributed by atoms with Crippen LogP contribution in [0.15, 0.2) is 83.8 Å². The lowest BCUT2D eigenvalue weighted by Crippen LogP contribution is -2.42. The van der Waals surface area contributed by atoms with Gasteiger partial charge in [-0.05, 0) is 30.7 Å². The summed E-state index contributed by atoms with van der Waals surface area (Å²) in [5.74, 6) is 0.219. The van der Waals surface area contributed by atoms with Crippen LogP contribution in [0.2, 0.25) is 0 Å². The van der Waals surface area contributed by atoms with Crippen molar-refractivity contribution in [1.29, 1.82) is 0 Å². The first kappa shape index (κ1) is 21.7. The van der Waals surface area contributed by atoms with Crippen LogP contribution < -0.4 is 4.74 Å². The number of sulfonamides is 1. The summed E-state index contributed by atoms with van der Waals surface area (Å²) in [4.78, 5) is 13.0. The monoisotopic (exact) mass is 463 g/mol. The van der Waals surface area contributed by atoms with E-state index in [0.29, 0.717) is 12.2 Å². The average molecular weight is 464 g/mol. The van der Waals surface area contributed by atoms with E-state index in [2.05, 4.69) is 0 Å². The zero-order chi connectivity index (χ0) is 23.0. The fourth-order valence-corrected chi connectivity index (χ4v) is 6.48. The molecule has 7 heteroatoms. The van der Waals surface area contributed by atoms with E-state index in [-0.39, 0.29) is 17.9 Å². The summed E-state index contributed by atoms with van der Waals surface area (Å²) >= 11 is 0. The van der Waals surface area contributed by atoms with Crippen LogP contribution in [0, 0.1) is 6.92 Å². The molecular weight excluding hydrogens is 438 g/mol. The van der Waals surface area contributed by atoms with E-state index >= 15 is 0 Å². The van der Waals surface area contributed by atoms with E-state index in [1.807, 2.05) is 61.5 Å². The summed E-state index contributed by atoms with van der Waals surface area (Å²) in [7, 11) is -3.87. The number of esters is 1. The Morgan fingerprint density at radius 3 is 2.45 bits per heavy atom. The summed E-state index contributed by atoms with van der Waals surface area (Å²) in [6.07, 6.45) is 0.000584. The maximum absolute atomic E-state index is 13.8. The molecule has 0 aromatic heterocycles. The number of benzene rings is 3. The second-order valence-electron chi connectivity index (χ2n) is 8.51. The molecule has 5 rings (SSSR count). The molecule has 6 nitrogen and oxygen atoms in total. The Morgan fingerprint density at radius 2 is 1.70 bits per heavy atom. The molecular formula is C26H25NO5S. The van der Waals surface area contributed by atoms with Crippen LogP contribution in [0.3, 0.4) is 0 Å². The molecule has 1 saturated heterocycles. The Labute approximate surface area is 193 Å². The zero-order valence-electron chi connectivity index (χ0n) is 18.3. The lowest BCUT2D eigenvalue weighted by molar-refractivity contribution is -0.146. The van der Waals surface area contributed by atoms with Crippen molar-refractivity contribution in [3.05, 3.63) is 95.6 Å². The number of ether oxygens (including phenoxy) is 2. The van der Waals surface area contributed by atoms with Gasteiger partial charge in [0.05, 0.1) is 23.4 Å². The summed E-state index contributed by atoms with van der Waals surface area (Å²) in [6, 6.07) is 22.6. The van der Waals surface area contributed by atoms with Crippen molar-refractivity contribution in [1.82, 2.24) is 4.31 Å². The van der Waals surface area contributed by atoms with Crippen molar-refractivity contribution in [3.8, 4) is 5.75 Å². The minimum atomic E-state index is -3.87. The van der Waals surface area contributed by atoms with Crippen LogP contribution in [0.1, 0.15) is 35.6 Å². The number of nitrogens with zero attached hydrogens (tertiary/aromatic N) is 1. The van der Waals surface area contributed by atoms with E-state index in [9.17, 15) is 13.2 Å². The Balaban J connectivity index is 1.45. The topological polar surface area (TPSA) is 72.9 Å². The number of carbonyl (C=O) groups excluding carboxylic acids is 1. The predicted octanol–water partition coefficient (Wildman–Crippen LogP) is 4.39. The number of hydrogen-bond acceptors (Lipinski definition) is 5. The van der Waals surface area contributed by atoms with E-state index in [1.54, 1.807) is 24.3 Å². The second kappa shape index (κ2) is 8.65. The van der Waals surface area contributed by atoms with E-state index in [4.69, 9.17) is 9.47 Å². The van der Waals surface area contributed by atoms with Gasteiger partial charge >= 0.3 is 5.97 Å². The minimum Gasteiger partial charge on any atom is -0.488 e. The van der Waals surface area contributed by atoms with E-state index in [0.717, 1.165) is 16.7 Å². The molecule has 0 amide bonds. The standard InChI is InChI=1S/C26H25NO5S/c1-18-11-13-20(14-12-18)33(29,30)27-22-15-25(32-24-10-6-5-9-21(22)24)23(27)16-26(28)31-17-19-7-3-2-4-8-19/h2-14,22-23,25H,15-17H2,1H3. The maximum Gasteiger partial charge on any atom is 0.307 e. The van der Waals surface area contributed by atoms with Gasteiger partial charge in [-0.1, -0.05) is 66.2 Å². The van der Waals surface area contributed by atoms with Gasteiger partial charge < -0.3 is 9.47 Å². The van der Waals surface area contributed by atoms with Gasteiger partial charge in [-0.3, -0.25) is 4.79 Å². The van der Waals surface area contributed by atoms with Crippen molar-refractivity contribution in [2.45, 2.75) is 49.5 Å². The molecule has 170 valence electrons. The molecule has 0 aliphatic carbocycles. The summed E-state index contributed by atoms with van der Waals surface area (Å²) in [6.45, 7) is 2.06. The van der Waals surface area contributed by atoms with Gasteiger partial charge in [0, 0.05) is 12.0 Å².